The first-order valence-electron chi connectivity index (χ1n) is 6.09. The van der Waals surface area contributed by atoms with Crippen LogP contribution in [0.4, 0.5) is 4.39 Å². The summed E-state index contributed by atoms with van der Waals surface area (Å²) in [6, 6.07) is 9.23. The molecular formula is C15H14Cl2FNO. The van der Waals surface area contributed by atoms with Gasteiger partial charge in [-0.25, -0.2) is 4.39 Å². The molecule has 0 aliphatic heterocycles. The molecule has 2 N–H and O–H groups in total. The van der Waals surface area contributed by atoms with E-state index in [-0.39, 0.29) is 18.5 Å². The maximum absolute atomic E-state index is 13.3. The highest BCUT2D eigenvalue weighted by atomic mass is 35.5. The van der Waals surface area contributed by atoms with E-state index in [9.17, 15) is 4.39 Å². The molecule has 2 aromatic rings. The van der Waals surface area contributed by atoms with Crippen LogP contribution in [0.2, 0.25) is 10.0 Å². The molecule has 106 valence electrons. The Morgan fingerprint density at radius 2 is 1.85 bits per heavy atom. The molecule has 1 atom stereocenters. The second-order valence-electron chi connectivity index (χ2n) is 4.46. The van der Waals surface area contributed by atoms with Crippen molar-refractivity contribution in [1.82, 2.24) is 0 Å². The highest BCUT2D eigenvalue weighted by Gasteiger charge is 2.12. The average Bonchev–Trinajstić information content (AvgIpc) is 2.37. The van der Waals surface area contributed by atoms with Gasteiger partial charge >= 0.3 is 0 Å². The van der Waals surface area contributed by atoms with Crippen LogP contribution in [0.3, 0.4) is 0 Å². The Balaban J connectivity index is 2.25. The number of nitrogens with two attached hydrogens (primary N) is 1. The average molecular weight is 314 g/mol. The number of hydrogen-bond acceptors (Lipinski definition) is 2. The van der Waals surface area contributed by atoms with E-state index >= 15 is 0 Å². The minimum absolute atomic E-state index is 0.154. The van der Waals surface area contributed by atoms with E-state index in [1.807, 2.05) is 6.92 Å². The Hall–Kier alpha value is -1.29. The van der Waals surface area contributed by atoms with Crippen molar-refractivity contribution in [3.05, 3.63) is 63.4 Å². The molecule has 0 fully saturated rings. The van der Waals surface area contributed by atoms with Crippen molar-refractivity contribution < 1.29 is 9.13 Å². The zero-order chi connectivity index (χ0) is 14.7. The van der Waals surface area contributed by atoms with Crippen molar-refractivity contribution in [2.75, 3.05) is 0 Å². The molecule has 2 nitrogen and oxygen atoms in total. The lowest BCUT2D eigenvalue weighted by Gasteiger charge is -2.15. The van der Waals surface area contributed by atoms with Gasteiger partial charge in [-0.3, -0.25) is 0 Å². The normalized spacial score (nSPS) is 12.2. The van der Waals surface area contributed by atoms with Gasteiger partial charge in [-0.2, -0.15) is 0 Å². The van der Waals surface area contributed by atoms with Crippen LogP contribution in [0.1, 0.15) is 24.1 Å². The van der Waals surface area contributed by atoms with Gasteiger partial charge in [-0.1, -0.05) is 35.3 Å². The molecule has 0 amide bonds. The lowest BCUT2D eigenvalue weighted by molar-refractivity contribution is 0.300. The summed E-state index contributed by atoms with van der Waals surface area (Å²) in [5.74, 6) is 0.0191. The molecule has 20 heavy (non-hydrogen) atoms. The smallest absolute Gasteiger partial charge is 0.127 e. The highest BCUT2D eigenvalue weighted by Crippen LogP contribution is 2.29. The summed E-state index contributed by atoms with van der Waals surface area (Å²) in [5.41, 5.74) is 7.23. The summed E-state index contributed by atoms with van der Waals surface area (Å²) >= 11 is 12.1. The summed E-state index contributed by atoms with van der Waals surface area (Å²) in [4.78, 5) is 0. The van der Waals surface area contributed by atoms with Crippen LogP contribution < -0.4 is 10.5 Å². The van der Waals surface area contributed by atoms with E-state index in [4.69, 9.17) is 33.7 Å². The summed E-state index contributed by atoms with van der Waals surface area (Å²) in [7, 11) is 0. The van der Waals surface area contributed by atoms with Gasteiger partial charge in [0.15, 0.2) is 0 Å². The minimum atomic E-state index is -0.380. The number of rotatable bonds is 4. The predicted octanol–water partition coefficient (Wildman–Crippen LogP) is 4.73. The second-order valence-corrected chi connectivity index (χ2v) is 5.27. The van der Waals surface area contributed by atoms with E-state index < -0.39 is 0 Å². The number of ether oxygens (including phenoxy) is 1. The fraction of sp³-hybridized carbons (Fsp3) is 0.200. The number of benzene rings is 2. The molecule has 0 aliphatic rings. The second kappa shape index (κ2) is 6.44. The summed E-state index contributed by atoms with van der Waals surface area (Å²) in [5, 5.41) is 1.02. The third-order valence-corrected chi connectivity index (χ3v) is 3.61. The molecule has 0 spiro atoms. The van der Waals surface area contributed by atoms with E-state index in [0.717, 1.165) is 5.56 Å². The largest absolute Gasteiger partial charge is 0.488 e. The summed E-state index contributed by atoms with van der Waals surface area (Å²) < 4.78 is 19.0. The molecule has 0 heterocycles. The fourth-order valence-electron chi connectivity index (χ4n) is 1.83. The van der Waals surface area contributed by atoms with Gasteiger partial charge < -0.3 is 10.5 Å². The van der Waals surface area contributed by atoms with E-state index in [0.29, 0.717) is 21.4 Å². The zero-order valence-corrected chi connectivity index (χ0v) is 12.4. The highest BCUT2D eigenvalue weighted by molar-refractivity contribution is 6.35. The van der Waals surface area contributed by atoms with Crippen molar-refractivity contribution in [2.24, 2.45) is 5.73 Å². The molecule has 5 heteroatoms. The van der Waals surface area contributed by atoms with Crippen LogP contribution in [-0.4, -0.2) is 0 Å². The standard InChI is InChI=1S/C15H14Cl2FNO/c1-9(19)11-6-5-10(18)7-15(11)20-8-12-13(16)3-2-4-14(12)17/h2-7,9H,8,19H2,1H3. The number of hydrogen-bond donors (Lipinski definition) is 1. The topological polar surface area (TPSA) is 35.2 Å². The Kier molecular flexibility index (Phi) is 4.86. The van der Waals surface area contributed by atoms with Crippen molar-refractivity contribution in [2.45, 2.75) is 19.6 Å². The molecule has 0 saturated carbocycles. The molecule has 2 aromatic carbocycles. The molecule has 0 saturated heterocycles. The Labute approximate surface area is 127 Å². The van der Waals surface area contributed by atoms with E-state index in [2.05, 4.69) is 0 Å². The van der Waals surface area contributed by atoms with Gasteiger partial charge in [-0.05, 0) is 25.1 Å². The van der Waals surface area contributed by atoms with Crippen molar-refractivity contribution in [3.63, 3.8) is 0 Å². The third-order valence-electron chi connectivity index (χ3n) is 2.90. The van der Waals surface area contributed by atoms with Gasteiger partial charge in [0.05, 0.1) is 0 Å². The first kappa shape index (κ1) is 15.1. The molecule has 0 aromatic heterocycles. The molecule has 1 unspecified atom stereocenters. The van der Waals surface area contributed by atoms with Crippen LogP contribution >= 0.6 is 23.2 Å². The van der Waals surface area contributed by atoms with E-state index in [1.54, 1.807) is 24.3 Å². The predicted molar refractivity (Wildman–Crippen MR) is 79.8 cm³/mol. The quantitative estimate of drug-likeness (QED) is 0.885. The lowest BCUT2D eigenvalue weighted by atomic mass is 10.1. The lowest BCUT2D eigenvalue weighted by Crippen LogP contribution is -2.08. The fourth-order valence-corrected chi connectivity index (χ4v) is 2.34. The van der Waals surface area contributed by atoms with Crippen LogP contribution in [0.5, 0.6) is 5.75 Å². The maximum Gasteiger partial charge on any atom is 0.127 e. The van der Waals surface area contributed by atoms with Gasteiger partial charge in [0.25, 0.3) is 0 Å². The zero-order valence-electron chi connectivity index (χ0n) is 10.9. The molecule has 0 aliphatic carbocycles. The van der Waals surface area contributed by atoms with Crippen molar-refractivity contribution >= 4 is 23.2 Å². The van der Waals surface area contributed by atoms with Crippen molar-refractivity contribution in [1.29, 1.82) is 0 Å². The van der Waals surface area contributed by atoms with Crippen LogP contribution in [0, 0.1) is 5.82 Å². The van der Waals surface area contributed by atoms with Crippen molar-refractivity contribution in [3.8, 4) is 5.75 Å². The van der Waals surface area contributed by atoms with Crippen LogP contribution in [0.15, 0.2) is 36.4 Å². The maximum atomic E-state index is 13.3. The van der Waals surface area contributed by atoms with Gasteiger partial charge in [0.2, 0.25) is 0 Å². The van der Waals surface area contributed by atoms with Gasteiger partial charge in [0.1, 0.15) is 18.2 Å². The Morgan fingerprint density at radius 3 is 2.45 bits per heavy atom. The SMILES string of the molecule is CC(N)c1ccc(F)cc1OCc1c(Cl)cccc1Cl. The Morgan fingerprint density at radius 1 is 1.20 bits per heavy atom. The summed E-state index contributed by atoms with van der Waals surface area (Å²) in [6.45, 7) is 1.96. The van der Waals surface area contributed by atoms with Crippen LogP contribution in [-0.2, 0) is 6.61 Å². The molecule has 0 radical (unpaired) electrons. The summed E-state index contributed by atoms with van der Waals surface area (Å²) in [6.07, 6.45) is 0. The van der Waals surface area contributed by atoms with Gasteiger partial charge in [-0.15, -0.1) is 0 Å². The van der Waals surface area contributed by atoms with E-state index in [1.165, 1.54) is 12.1 Å². The van der Waals surface area contributed by atoms with Crippen LogP contribution in [0.25, 0.3) is 0 Å². The number of halogens is 3. The molecule has 2 rings (SSSR count). The monoisotopic (exact) mass is 313 g/mol. The molecule has 0 bridgehead atoms. The Bertz CT molecular complexity index is 597. The third kappa shape index (κ3) is 3.42. The first-order chi connectivity index (χ1) is 9.49. The minimum Gasteiger partial charge on any atom is -0.488 e. The molecular weight excluding hydrogens is 300 g/mol. The van der Waals surface area contributed by atoms with Gasteiger partial charge in [0, 0.05) is 33.3 Å². The first-order valence-corrected chi connectivity index (χ1v) is 6.85.